The molecule has 0 saturated carbocycles. The van der Waals surface area contributed by atoms with E-state index in [9.17, 15) is 0 Å². The summed E-state index contributed by atoms with van der Waals surface area (Å²) in [6.07, 6.45) is 0. The van der Waals surface area contributed by atoms with E-state index in [1.54, 1.807) is 0 Å². The molecule has 0 aliphatic carbocycles. The van der Waals surface area contributed by atoms with E-state index in [2.05, 4.69) is 0 Å². The van der Waals surface area contributed by atoms with E-state index in [-0.39, 0.29) is 120 Å². The maximum absolute atomic E-state index is 8.52. The quantitative estimate of drug-likeness (QED) is 0.222. The Kier molecular flexibility index (Phi) is 45.3. The van der Waals surface area contributed by atoms with Gasteiger partial charge in [-0.05, 0) is 0 Å². The van der Waals surface area contributed by atoms with Crippen molar-refractivity contribution in [1.29, 1.82) is 0 Å². The van der Waals surface area contributed by atoms with E-state index >= 15 is 0 Å². The number of rotatable bonds is 0. The minimum atomic E-state index is -5.17. The fourth-order valence-corrected chi connectivity index (χ4v) is 0. The van der Waals surface area contributed by atoms with Crippen LogP contribution in [0.3, 0.4) is 0 Å². The van der Waals surface area contributed by atoms with Gasteiger partial charge in [-0.25, -0.2) is 0 Å². The Morgan fingerprint density at radius 2 is 0.889 bits per heavy atom. The molecule has 44 valence electrons. The van der Waals surface area contributed by atoms with Crippen molar-refractivity contribution >= 4 is 27.2 Å². The Balaban J connectivity index is -0.0000000133. The van der Waals surface area contributed by atoms with Crippen molar-refractivity contribution in [1.82, 2.24) is 0 Å². The van der Waals surface area contributed by atoms with E-state index in [0.717, 1.165) is 0 Å². The molecule has 0 aromatic rings. The van der Waals surface area contributed by atoms with Crippen LogP contribution in [0.2, 0.25) is 0 Å². The van der Waals surface area contributed by atoms with Crippen molar-refractivity contribution in [3.63, 3.8) is 0 Å². The van der Waals surface area contributed by atoms with Crippen LogP contribution in [0.15, 0.2) is 0 Å². The summed E-state index contributed by atoms with van der Waals surface area (Å²) in [4.78, 5) is 0. The third-order valence-electron chi connectivity index (χ3n) is 0. The molecule has 0 heterocycles. The predicted octanol–water partition coefficient (Wildman–Crippen LogP) is -9.70. The fraction of sp³-hybridized carbons (Fsp3) is 0. The SMILES string of the molecule is B.B.O=S(=O)([O-])[O-].[K+].[K+]. The van der Waals surface area contributed by atoms with Crippen LogP contribution >= 0.6 is 0 Å². The molecule has 0 fully saturated rings. The second-order valence-electron chi connectivity index (χ2n) is 0.408. The number of hydrogen-bond donors (Lipinski definition) is 0. The Morgan fingerprint density at radius 1 is 0.889 bits per heavy atom. The normalized spacial score (nSPS) is 6.44. The largest absolute Gasteiger partial charge is 1.00 e. The monoisotopic (exact) mass is 202 g/mol. The van der Waals surface area contributed by atoms with Gasteiger partial charge >= 0.3 is 103 Å². The minimum Gasteiger partial charge on any atom is -0.759 e. The molecule has 4 nitrogen and oxygen atoms in total. The molecule has 9 heavy (non-hydrogen) atoms. The molecule has 0 rings (SSSR count). The first-order chi connectivity index (χ1) is 2.00. The van der Waals surface area contributed by atoms with E-state index in [1.807, 2.05) is 0 Å². The van der Waals surface area contributed by atoms with Crippen molar-refractivity contribution in [3.8, 4) is 0 Å². The smallest absolute Gasteiger partial charge is 0.759 e. The van der Waals surface area contributed by atoms with Gasteiger partial charge in [-0.15, -0.1) is 0 Å². The first kappa shape index (κ1) is 29.5. The topological polar surface area (TPSA) is 80.3 Å². The summed E-state index contributed by atoms with van der Waals surface area (Å²) in [5.41, 5.74) is 0. The van der Waals surface area contributed by atoms with Crippen LogP contribution in [-0.4, -0.2) is 34.3 Å². The van der Waals surface area contributed by atoms with Crippen molar-refractivity contribution < 1.29 is 120 Å². The summed E-state index contributed by atoms with van der Waals surface area (Å²) in [5, 5.41) is 0. The van der Waals surface area contributed by atoms with Gasteiger partial charge in [-0.3, -0.25) is 8.42 Å². The Hall–Kier alpha value is 3.27. The molecule has 0 bridgehead atoms. The van der Waals surface area contributed by atoms with E-state index in [1.165, 1.54) is 0 Å². The molecule has 0 radical (unpaired) electrons. The van der Waals surface area contributed by atoms with E-state index < -0.39 is 10.4 Å². The van der Waals surface area contributed by atoms with Crippen LogP contribution in [0, 0.1) is 0 Å². The first-order valence-electron chi connectivity index (χ1n) is 0.667. The van der Waals surface area contributed by atoms with Gasteiger partial charge in [0.1, 0.15) is 0 Å². The molecule has 9 heteroatoms. The average Bonchev–Trinajstić information content (AvgIpc) is 0.722. The molecular weight excluding hydrogens is 196 g/mol. The van der Waals surface area contributed by atoms with Crippen LogP contribution in [-0.2, 0) is 10.4 Å². The average molecular weight is 202 g/mol. The summed E-state index contributed by atoms with van der Waals surface area (Å²) in [7, 11) is -5.17. The summed E-state index contributed by atoms with van der Waals surface area (Å²) in [5.74, 6) is 0. The summed E-state index contributed by atoms with van der Waals surface area (Å²) in [6, 6.07) is 0. The Labute approximate surface area is 143 Å². The van der Waals surface area contributed by atoms with Gasteiger partial charge in [0.15, 0.2) is 0 Å². The van der Waals surface area contributed by atoms with E-state index in [4.69, 9.17) is 17.5 Å². The first-order valence-corrected chi connectivity index (χ1v) is 2.00. The molecule has 0 aliphatic heterocycles. The summed E-state index contributed by atoms with van der Waals surface area (Å²) >= 11 is 0. The standard InChI is InChI=1S/2BH3.2K.H2O4S/c;;;;1-5(2,3)4/h2*1H3;;;(H2,1,2,3,4)/q;;2*+1;/p-2. The van der Waals surface area contributed by atoms with Crippen molar-refractivity contribution in [2.75, 3.05) is 0 Å². The van der Waals surface area contributed by atoms with Crippen molar-refractivity contribution in [3.05, 3.63) is 0 Å². The Bertz CT molecular complexity index is 99.7. The second-order valence-corrected chi connectivity index (χ2v) is 1.22. The van der Waals surface area contributed by atoms with E-state index in [0.29, 0.717) is 0 Å². The number of hydrogen-bond acceptors (Lipinski definition) is 4. The van der Waals surface area contributed by atoms with Crippen LogP contribution in [0.4, 0.5) is 0 Å². The van der Waals surface area contributed by atoms with Gasteiger partial charge in [0.2, 0.25) is 0 Å². The zero-order valence-electron chi connectivity index (χ0n) is 4.04. The maximum Gasteiger partial charge on any atom is 1.00 e. The molecule has 0 aliphatic rings. The van der Waals surface area contributed by atoms with Crippen LogP contribution < -0.4 is 103 Å². The third kappa shape index (κ3) is 90.5. The molecule has 0 aromatic carbocycles. The van der Waals surface area contributed by atoms with Gasteiger partial charge in [-0.1, -0.05) is 0 Å². The van der Waals surface area contributed by atoms with Gasteiger partial charge < -0.3 is 9.11 Å². The van der Waals surface area contributed by atoms with Gasteiger partial charge in [-0.2, -0.15) is 0 Å². The summed E-state index contributed by atoms with van der Waals surface area (Å²) < 4.78 is 34.1. The molecule has 0 saturated heterocycles. The molecular formula is H6B2K2O4S. The fourth-order valence-electron chi connectivity index (χ4n) is 0. The molecule has 0 atom stereocenters. The maximum atomic E-state index is 8.52. The van der Waals surface area contributed by atoms with Crippen LogP contribution in [0.5, 0.6) is 0 Å². The van der Waals surface area contributed by atoms with Gasteiger partial charge in [0.25, 0.3) is 0 Å². The van der Waals surface area contributed by atoms with Crippen molar-refractivity contribution in [2.24, 2.45) is 0 Å². The zero-order chi connectivity index (χ0) is 4.50. The molecule has 0 spiro atoms. The van der Waals surface area contributed by atoms with Gasteiger partial charge in [0, 0.05) is 10.4 Å². The van der Waals surface area contributed by atoms with Crippen molar-refractivity contribution in [2.45, 2.75) is 0 Å². The van der Waals surface area contributed by atoms with Gasteiger partial charge in [0.05, 0.1) is 16.8 Å². The molecule has 0 aromatic heterocycles. The summed E-state index contributed by atoms with van der Waals surface area (Å²) in [6.45, 7) is 0. The van der Waals surface area contributed by atoms with Crippen LogP contribution in [0.1, 0.15) is 0 Å². The third-order valence-corrected chi connectivity index (χ3v) is 0. The molecule has 0 unspecified atom stereocenters. The molecule has 0 N–H and O–H groups in total. The Morgan fingerprint density at radius 3 is 0.889 bits per heavy atom. The van der Waals surface area contributed by atoms with Crippen LogP contribution in [0.25, 0.3) is 0 Å². The predicted molar refractivity (Wildman–Crippen MR) is 30.4 cm³/mol. The minimum absolute atomic E-state index is 0. The zero-order valence-corrected chi connectivity index (χ0v) is 11.1. The second kappa shape index (κ2) is 13.8. The molecule has 0 amide bonds.